The minimum absolute atomic E-state index is 0.00266. The Kier molecular flexibility index (Phi) is 8.81. The second-order valence-electron chi connectivity index (χ2n) is 8.17. The molecule has 0 spiro atoms. The summed E-state index contributed by atoms with van der Waals surface area (Å²) in [7, 11) is -2.67. The lowest BCUT2D eigenvalue weighted by Crippen LogP contribution is -2.41. The van der Waals surface area contributed by atoms with Crippen LogP contribution in [0.1, 0.15) is 37.0 Å². The van der Waals surface area contributed by atoms with Crippen LogP contribution in [0.25, 0.3) is 0 Å². The summed E-state index contributed by atoms with van der Waals surface area (Å²) in [6.07, 6.45) is 4.22. The van der Waals surface area contributed by atoms with E-state index in [0.29, 0.717) is 18.5 Å². The minimum atomic E-state index is -3.89. The van der Waals surface area contributed by atoms with E-state index in [0.717, 1.165) is 26.2 Å². The molecule has 3 rings (SSSR count). The summed E-state index contributed by atoms with van der Waals surface area (Å²) in [6, 6.07) is 5.99. The van der Waals surface area contributed by atoms with Gasteiger partial charge in [-0.3, -0.25) is 9.48 Å². The van der Waals surface area contributed by atoms with Gasteiger partial charge in [0.15, 0.2) is 0 Å². The average Bonchev–Trinajstić information content (AvgIpc) is 3.31. The Bertz CT molecular complexity index is 1090. The number of esters is 1. The van der Waals surface area contributed by atoms with Crippen molar-refractivity contribution in [3.05, 3.63) is 42.2 Å². The van der Waals surface area contributed by atoms with Gasteiger partial charge in [-0.25, -0.2) is 13.2 Å². The van der Waals surface area contributed by atoms with Gasteiger partial charge in [0.2, 0.25) is 15.9 Å². The highest BCUT2D eigenvalue weighted by Crippen LogP contribution is 2.27. The molecule has 2 heterocycles. The first-order chi connectivity index (χ1) is 16.3. The van der Waals surface area contributed by atoms with Crippen molar-refractivity contribution < 1.29 is 22.7 Å². The van der Waals surface area contributed by atoms with Crippen LogP contribution >= 0.6 is 0 Å². The number of likely N-dealkylation sites (N-methyl/N-ethyl adjacent to an activating group) is 1. The Hall–Kier alpha value is -2.76. The van der Waals surface area contributed by atoms with E-state index in [1.54, 1.807) is 18.3 Å². The molecule has 34 heavy (non-hydrogen) atoms. The highest BCUT2D eigenvalue weighted by atomic mass is 32.2. The maximum absolute atomic E-state index is 13.2. The molecule has 11 heteroatoms. The van der Waals surface area contributed by atoms with E-state index in [4.69, 9.17) is 4.74 Å². The number of rotatable bonds is 10. The van der Waals surface area contributed by atoms with Crippen molar-refractivity contribution in [1.29, 1.82) is 0 Å². The fraction of sp³-hybridized carbons (Fsp3) is 0.522. The number of amides is 1. The van der Waals surface area contributed by atoms with Gasteiger partial charge in [-0.05, 0) is 38.1 Å². The van der Waals surface area contributed by atoms with Crippen LogP contribution in [0.5, 0.6) is 0 Å². The van der Waals surface area contributed by atoms with Crippen molar-refractivity contribution in [3.63, 3.8) is 0 Å². The van der Waals surface area contributed by atoms with E-state index in [1.807, 2.05) is 10.9 Å². The smallest absolute Gasteiger partial charge is 0.339 e. The highest BCUT2D eigenvalue weighted by Gasteiger charge is 2.34. The second-order valence-corrected chi connectivity index (χ2v) is 10.1. The number of piperidine rings is 1. The number of hydrogen-bond donors (Lipinski definition) is 1. The molecule has 1 aromatic carbocycles. The van der Waals surface area contributed by atoms with Crippen molar-refractivity contribution in [1.82, 2.24) is 19.0 Å². The molecule has 186 valence electrons. The fourth-order valence-electron chi connectivity index (χ4n) is 4.05. The lowest BCUT2D eigenvalue weighted by atomic mass is 9.97. The normalized spacial score (nSPS) is 15.4. The summed E-state index contributed by atoms with van der Waals surface area (Å²) in [6.45, 7) is 8.19. The number of nitrogens with one attached hydrogen (secondary N) is 1. The Morgan fingerprint density at radius 2 is 1.85 bits per heavy atom. The van der Waals surface area contributed by atoms with Gasteiger partial charge < -0.3 is 15.0 Å². The number of sulfonamides is 1. The lowest BCUT2D eigenvalue weighted by molar-refractivity contribution is -0.120. The average molecular weight is 492 g/mol. The first-order valence-corrected chi connectivity index (χ1v) is 13.0. The molecule has 1 aromatic heterocycles. The summed E-state index contributed by atoms with van der Waals surface area (Å²) in [4.78, 5) is 27.0. The largest absolute Gasteiger partial charge is 0.465 e. The third kappa shape index (κ3) is 6.02. The van der Waals surface area contributed by atoms with Gasteiger partial charge in [-0.1, -0.05) is 26.0 Å². The summed E-state index contributed by atoms with van der Waals surface area (Å²) in [5.41, 5.74) is 0.634. The highest BCUT2D eigenvalue weighted by molar-refractivity contribution is 7.89. The van der Waals surface area contributed by atoms with Crippen LogP contribution in [0.3, 0.4) is 0 Å². The third-order valence-corrected chi connectivity index (χ3v) is 8.13. The van der Waals surface area contributed by atoms with Crippen LogP contribution < -0.4 is 5.32 Å². The van der Waals surface area contributed by atoms with Gasteiger partial charge in [-0.15, -0.1) is 0 Å². The van der Waals surface area contributed by atoms with Crippen molar-refractivity contribution in [3.8, 4) is 0 Å². The number of carbonyl (C=O) groups excluding carboxylic acids is 2. The molecule has 0 saturated carbocycles. The first kappa shape index (κ1) is 25.9. The predicted octanol–water partition coefficient (Wildman–Crippen LogP) is 2.05. The molecule has 10 nitrogen and oxygen atoms in total. The van der Waals surface area contributed by atoms with Crippen LogP contribution in [0.4, 0.5) is 5.69 Å². The molecular weight excluding hydrogens is 458 g/mol. The molecule has 2 aromatic rings. The number of benzene rings is 1. The van der Waals surface area contributed by atoms with E-state index in [1.165, 1.54) is 23.5 Å². The Morgan fingerprint density at radius 1 is 1.18 bits per heavy atom. The van der Waals surface area contributed by atoms with Crippen molar-refractivity contribution in [2.75, 3.05) is 45.2 Å². The quantitative estimate of drug-likeness (QED) is 0.506. The number of methoxy groups -OCH3 is 1. The predicted molar refractivity (Wildman–Crippen MR) is 128 cm³/mol. The van der Waals surface area contributed by atoms with Crippen molar-refractivity contribution >= 4 is 27.6 Å². The van der Waals surface area contributed by atoms with Gasteiger partial charge in [0.1, 0.15) is 0 Å². The number of nitrogens with zero attached hydrogens (tertiary/aromatic N) is 4. The van der Waals surface area contributed by atoms with Crippen LogP contribution in [0.15, 0.2) is 41.6 Å². The molecule has 1 aliphatic rings. The number of hydrogen-bond acceptors (Lipinski definition) is 7. The molecule has 1 fully saturated rings. The zero-order valence-corrected chi connectivity index (χ0v) is 20.8. The number of aromatic nitrogens is 2. The topological polar surface area (TPSA) is 114 Å². The van der Waals surface area contributed by atoms with Gasteiger partial charge in [0, 0.05) is 31.7 Å². The maximum atomic E-state index is 13.2. The van der Waals surface area contributed by atoms with E-state index in [-0.39, 0.29) is 35.4 Å². The Morgan fingerprint density at radius 3 is 2.50 bits per heavy atom. The molecule has 0 atom stereocenters. The summed E-state index contributed by atoms with van der Waals surface area (Å²) < 4.78 is 34.2. The zero-order valence-electron chi connectivity index (χ0n) is 19.9. The van der Waals surface area contributed by atoms with Gasteiger partial charge in [-0.2, -0.15) is 9.40 Å². The van der Waals surface area contributed by atoms with Crippen LogP contribution in [-0.4, -0.2) is 79.1 Å². The zero-order chi connectivity index (χ0) is 24.7. The molecule has 1 saturated heterocycles. The Labute approximate surface area is 200 Å². The van der Waals surface area contributed by atoms with Crippen LogP contribution in [0.2, 0.25) is 0 Å². The summed E-state index contributed by atoms with van der Waals surface area (Å²) in [5, 5.41) is 7.21. The van der Waals surface area contributed by atoms with E-state index < -0.39 is 16.0 Å². The number of carbonyl (C=O) groups is 2. The summed E-state index contributed by atoms with van der Waals surface area (Å²) >= 11 is 0. The van der Waals surface area contributed by atoms with E-state index >= 15 is 0 Å². The van der Waals surface area contributed by atoms with Gasteiger partial charge in [0.25, 0.3) is 0 Å². The summed E-state index contributed by atoms with van der Waals surface area (Å²) in [5.74, 6) is -1.15. The molecule has 0 radical (unpaired) electrons. The first-order valence-electron chi connectivity index (χ1n) is 11.5. The standard InChI is InChI=1S/C23H33N5O5S/c1-4-26(5-2)14-15-27-17-19(16-24-27)25-22(29)18-10-12-28(13-11-18)34(31,32)21-9-7-6-8-20(21)23(30)33-3/h6-9,16-18H,4-5,10-15H2,1-3H3,(H,25,29). The molecule has 1 aliphatic heterocycles. The SMILES string of the molecule is CCN(CC)CCn1cc(NC(=O)C2CCN(S(=O)(=O)c3ccccc3C(=O)OC)CC2)cn1. The maximum Gasteiger partial charge on any atom is 0.339 e. The van der Waals surface area contributed by atoms with Gasteiger partial charge >= 0.3 is 5.97 Å². The lowest BCUT2D eigenvalue weighted by Gasteiger charge is -2.30. The van der Waals surface area contributed by atoms with E-state index in [9.17, 15) is 18.0 Å². The second kappa shape index (κ2) is 11.6. The molecule has 0 unspecified atom stereocenters. The van der Waals surface area contributed by atoms with Crippen molar-refractivity contribution in [2.24, 2.45) is 5.92 Å². The molecule has 1 N–H and O–H groups in total. The molecular formula is C23H33N5O5S. The molecule has 0 aliphatic carbocycles. The van der Waals surface area contributed by atoms with Crippen LogP contribution in [-0.2, 0) is 26.1 Å². The van der Waals surface area contributed by atoms with E-state index in [2.05, 4.69) is 29.2 Å². The van der Waals surface area contributed by atoms with Gasteiger partial charge in [0.05, 0.1) is 36.0 Å². The van der Waals surface area contributed by atoms with Crippen molar-refractivity contribution in [2.45, 2.75) is 38.1 Å². The molecule has 0 bridgehead atoms. The number of ether oxygens (including phenoxy) is 1. The fourth-order valence-corrected chi connectivity index (χ4v) is 5.70. The monoisotopic (exact) mass is 491 g/mol. The number of anilines is 1. The Balaban J connectivity index is 1.57. The molecule has 1 amide bonds. The minimum Gasteiger partial charge on any atom is -0.465 e. The third-order valence-electron chi connectivity index (χ3n) is 6.18. The van der Waals surface area contributed by atoms with Crippen LogP contribution in [0, 0.1) is 5.92 Å².